The SMILES string of the molecule is C[C@H]1c2cccc(O)c2C(O)=C2C(=O)[C@]3(O)C(O)=C(C(N)=O)C(=O)[C@@H](N(C)C)[C@@H]3[C@@H](OC(=O)C3CCCCC3)[C@@H]21. The van der Waals surface area contributed by atoms with Crippen LogP contribution in [0.3, 0.4) is 0 Å². The lowest BCUT2D eigenvalue weighted by Gasteiger charge is -2.54. The van der Waals surface area contributed by atoms with Gasteiger partial charge < -0.3 is 30.9 Å². The van der Waals surface area contributed by atoms with Crippen molar-refractivity contribution < 1.29 is 44.3 Å². The van der Waals surface area contributed by atoms with Gasteiger partial charge in [0.25, 0.3) is 5.91 Å². The van der Waals surface area contributed by atoms with Crippen LogP contribution in [0.1, 0.15) is 56.1 Å². The fourth-order valence-corrected chi connectivity index (χ4v) is 7.26. The molecule has 1 aromatic carbocycles. The summed E-state index contributed by atoms with van der Waals surface area (Å²) < 4.78 is 6.13. The fourth-order valence-electron chi connectivity index (χ4n) is 7.26. The molecular weight excluding hydrogens is 520 g/mol. The van der Waals surface area contributed by atoms with Crippen molar-refractivity contribution in [2.24, 2.45) is 23.5 Å². The Labute approximate surface area is 230 Å². The zero-order valence-electron chi connectivity index (χ0n) is 22.6. The zero-order valence-corrected chi connectivity index (χ0v) is 22.6. The molecule has 0 radical (unpaired) electrons. The number of ketones is 2. The standard InChI is InChI=1S/C29H34N2O9/c1-12-14-10-7-11-15(32)17(14)22(33)18-16(12)24(40-28(38)13-8-5-4-6-9-13)20-21(31(2)3)23(34)19(27(30)37)26(36)29(20,39)25(18)35/h7,10-13,16,20-21,24,32-33,36,39H,4-6,8-9H2,1-3H3,(H2,30,37)/t12-,16+,20+,21-,24-,29-/m0/s1. The van der Waals surface area contributed by atoms with Gasteiger partial charge in [-0.3, -0.25) is 24.1 Å². The summed E-state index contributed by atoms with van der Waals surface area (Å²) >= 11 is 0. The number of fused-ring (bicyclic) bond motifs is 3. The smallest absolute Gasteiger partial charge is 0.309 e. The Kier molecular flexibility index (Phi) is 6.78. The number of aliphatic hydroxyl groups is 3. The van der Waals surface area contributed by atoms with Crippen LogP contribution in [0.4, 0.5) is 0 Å². The Bertz CT molecular complexity index is 1370. The van der Waals surface area contributed by atoms with Gasteiger partial charge in [-0.05, 0) is 44.5 Å². The molecule has 40 heavy (non-hydrogen) atoms. The van der Waals surface area contributed by atoms with Crippen LogP contribution in [0, 0.1) is 17.8 Å². The highest BCUT2D eigenvalue weighted by Crippen LogP contribution is 2.57. The van der Waals surface area contributed by atoms with Crippen molar-refractivity contribution in [1.82, 2.24) is 4.90 Å². The van der Waals surface area contributed by atoms with Crippen molar-refractivity contribution in [3.8, 4) is 5.75 Å². The van der Waals surface area contributed by atoms with Crippen molar-refractivity contribution >= 4 is 29.2 Å². The average molecular weight is 555 g/mol. The van der Waals surface area contributed by atoms with Crippen molar-refractivity contribution in [2.45, 2.75) is 62.7 Å². The quantitative estimate of drug-likeness (QED) is 0.270. The Balaban J connectivity index is 1.79. The predicted molar refractivity (Wildman–Crippen MR) is 141 cm³/mol. The largest absolute Gasteiger partial charge is 0.508 e. The van der Waals surface area contributed by atoms with Crippen molar-refractivity contribution in [2.75, 3.05) is 14.1 Å². The third-order valence-electron chi connectivity index (χ3n) is 9.16. The number of Topliss-reactive ketones (excluding diaryl/α,β-unsaturated/α-hetero) is 2. The molecule has 0 aromatic heterocycles. The lowest BCUT2D eigenvalue weighted by molar-refractivity contribution is -0.188. The predicted octanol–water partition coefficient (Wildman–Crippen LogP) is 1.63. The summed E-state index contributed by atoms with van der Waals surface area (Å²) in [6.45, 7) is 1.73. The minimum absolute atomic E-state index is 0.0244. The molecule has 6 atom stereocenters. The number of likely N-dealkylation sites (N-methyl/N-ethyl adjacent to an activating group) is 1. The maximum absolute atomic E-state index is 14.2. The molecule has 0 heterocycles. The van der Waals surface area contributed by atoms with Gasteiger partial charge in [-0.25, -0.2) is 0 Å². The number of nitrogens with zero attached hydrogens (tertiary/aromatic N) is 1. The number of benzene rings is 1. The summed E-state index contributed by atoms with van der Waals surface area (Å²) in [5.41, 5.74) is 1.62. The molecule has 11 nitrogen and oxygen atoms in total. The molecule has 2 fully saturated rings. The van der Waals surface area contributed by atoms with E-state index in [0.29, 0.717) is 18.4 Å². The van der Waals surface area contributed by atoms with Crippen molar-refractivity contribution in [3.63, 3.8) is 0 Å². The third-order valence-corrected chi connectivity index (χ3v) is 9.16. The number of rotatable bonds is 4. The molecule has 11 heteroatoms. The van der Waals surface area contributed by atoms with Crippen LogP contribution in [-0.2, 0) is 23.9 Å². The van der Waals surface area contributed by atoms with Crippen LogP contribution in [0.25, 0.3) is 5.76 Å². The number of aromatic hydroxyl groups is 1. The number of nitrogens with two attached hydrogens (primary N) is 1. The molecule has 0 aliphatic heterocycles. The van der Waals surface area contributed by atoms with E-state index in [2.05, 4.69) is 0 Å². The van der Waals surface area contributed by atoms with Gasteiger partial charge in [0, 0.05) is 11.5 Å². The second-order valence-corrected chi connectivity index (χ2v) is 11.5. The van der Waals surface area contributed by atoms with E-state index in [-0.39, 0.29) is 16.9 Å². The molecule has 0 spiro atoms. The van der Waals surface area contributed by atoms with Gasteiger partial charge in [-0.2, -0.15) is 0 Å². The summed E-state index contributed by atoms with van der Waals surface area (Å²) in [5.74, 6) is -9.84. The van der Waals surface area contributed by atoms with Crippen LogP contribution in [0.5, 0.6) is 5.75 Å². The number of hydrogen-bond acceptors (Lipinski definition) is 10. The van der Waals surface area contributed by atoms with Gasteiger partial charge in [0.1, 0.15) is 28.9 Å². The number of hydrogen-bond donors (Lipinski definition) is 5. The highest BCUT2D eigenvalue weighted by atomic mass is 16.5. The number of aliphatic hydroxyl groups excluding tert-OH is 2. The molecule has 214 valence electrons. The molecule has 1 aromatic rings. The zero-order chi connectivity index (χ0) is 29.3. The van der Waals surface area contributed by atoms with Crippen LogP contribution >= 0.6 is 0 Å². The molecule has 2 saturated carbocycles. The number of amides is 1. The van der Waals surface area contributed by atoms with Gasteiger partial charge in [-0.15, -0.1) is 0 Å². The summed E-state index contributed by atoms with van der Waals surface area (Å²) in [7, 11) is 2.99. The first-order valence-corrected chi connectivity index (χ1v) is 13.5. The number of ether oxygens (including phenoxy) is 1. The van der Waals surface area contributed by atoms with Gasteiger partial charge in [-0.1, -0.05) is 38.3 Å². The Morgan fingerprint density at radius 3 is 2.33 bits per heavy atom. The number of carbonyl (C=O) groups excluding carboxylic acids is 4. The monoisotopic (exact) mass is 554 g/mol. The summed E-state index contributed by atoms with van der Waals surface area (Å²) in [5, 5.41) is 45.3. The molecule has 0 saturated heterocycles. The van der Waals surface area contributed by atoms with E-state index in [1.807, 2.05) is 0 Å². The topological polar surface area (TPSA) is 188 Å². The highest BCUT2D eigenvalue weighted by Gasteiger charge is 2.69. The van der Waals surface area contributed by atoms with E-state index >= 15 is 0 Å². The molecule has 0 bridgehead atoms. The van der Waals surface area contributed by atoms with Crippen LogP contribution < -0.4 is 5.73 Å². The minimum Gasteiger partial charge on any atom is -0.508 e. The van der Waals surface area contributed by atoms with Crippen molar-refractivity contribution in [1.29, 1.82) is 0 Å². The van der Waals surface area contributed by atoms with Gasteiger partial charge in [0.05, 0.1) is 23.4 Å². The molecule has 4 aliphatic carbocycles. The molecular formula is C29H34N2O9. The maximum atomic E-state index is 14.2. The first-order valence-electron chi connectivity index (χ1n) is 13.5. The van der Waals surface area contributed by atoms with Crippen LogP contribution in [0.2, 0.25) is 0 Å². The van der Waals surface area contributed by atoms with Crippen LogP contribution in [-0.4, -0.2) is 80.6 Å². The number of phenols is 1. The van der Waals surface area contributed by atoms with E-state index < -0.39 is 82.0 Å². The molecule has 1 amide bonds. The summed E-state index contributed by atoms with van der Waals surface area (Å²) in [6.07, 6.45) is 2.45. The fraction of sp³-hybridized carbons (Fsp3) is 0.517. The van der Waals surface area contributed by atoms with Crippen LogP contribution in [0.15, 0.2) is 35.1 Å². The molecule has 6 N–H and O–H groups in total. The highest BCUT2D eigenvalue weighted by molar-refractivity contribution is 6.24. The summed E-state index contributed by atoms with van der Waals surface area (Å²) in [6, 6.07) is 3.18. The Morgan fingerprint density at radius 2 is 1.73 bits per heavy atom. The maximum Gasteiger partial charge on any atom is 0.309 e. The minimum atomic E-state index is -2.94. The van der Waals surface area contributed by atoms with E-state index in [0.717, 1.165) is 19.3 Å². The lowest BCUT2D eigenvalue weighted by Crippen LogP contribution is -2.71. The number of phenolic OH excluding ortho intramolecular Hbond substituents is 1. The van der Waals surface area contributed by atoms with E-state index in [1.165, 1.54) is 25.1 Å². The summed E-state index contributed by atoms with van der Waals surface area (Å²) in [4.78, 5) is 55.0. The second-order valence-electron chi connectivity index (χ2n) is 11.5. The average Bonchev–Trinajstić information content (AvgIpc) is 2.90. The first kappa shape index (κ1) is 27.9. The van der Waals surface area contributed by atoms with Gasteiger partial charge in [0.15, 0.2) is 11.4 Å². The third kappa shape index (κ3) is 3.78. The number of primary amides is 1. The number of carbonyl (C=O) groups is 4. The van der Waals surface area contributed by atoms with E-state index in [4.69, 9.17) is 10.5 Å². The van der Waals surface area contributed by atoms with Gasteiger partial charge >= 0.3 is 5.97 Å². The number of esters is 1. The van der Waals surface area contributed by atoms with Gasteiger partial charge in [0.2, 0.25) is 5.78 Å². The first-order chi connectivity index (χ1) is 18.8. The molecule has 0 unspecified atom stereocenters. The van der Waals surface area contributed by atoms with E-state index in [9.17, 15) is 39.6 Å². The van der Waals surface area contributed by atoms with Crippen molar-refractivity contribution in [3.05, 3.63) is 46.2 Å². The molecule has 5 rings (SSSR count). The Hall–Kier alpha value is -3.70. The normalized spacial score (nSPS) is 32.5. The lowest BCUT2D eigenvalue weighted by atomic mass is 9.54. The second kappa shape index (κ2) is 9.74. The Morgan fingerprint density at radius 1 is 1.07 bits per heavy atom. The van der Waals surface area contributed by atoms with E-state index in [1.54, 1.807) is 19.1 Å². The molecule has 4 aliphatic rings.